The first-order valence-electron chi connectivity index (χ1n) is 8.39. The Kier molecular flexibility index (Phi) is 6.86. The maximum Gasteiger partial charge on any atom is 0.234 e. The molecule has 0 unspecified atom stereocenters. The molecule has 1 aromatic rings. The molecule has 1 aromatic carbocycles. The van der Waals surface area contributed by atoms with Gasteiger partial charge in [-0.25, -0.2) is 0 Å². The van der Waals surface area contributed by atoms with Gasteiger partial charge in [-0.05, 0) is 50.9 Å². The summed E-state index contributed by atoms with van der Waals surface area (Å²) in [7, 11) is 1.64. The van der Waals surface area contributed by atoms with Crippen LogP contribution in [-0.2, 0) is 9.53 Å². The zero-order valence-electron chi connectivity index (χ0n) is 14.4. The number of methoxy groups -OCH3 is 1. The van der Waals surface area contributed by atoms with Crippen molar-refractivity contribution >= 4 is 5.91 Å². The fourth-order valence-corrected chi connectivity index (χ4v) is 3.14. The van der Waals surface area contributed by atoms with Gasteiger partial charge in [0.15, 0.2) is 0 Å². The minimum Gasteiger partial charge on any atom is -0.494 e. The van der Waals surface area contributed by atoms with Crippen molar-refractivity contribution in [1.29, 1.82) is 0 Å². The Morgan fingerprint density at radius 1 is 1.39 bits per heavy atom. The van der Waals surface area contributed by atoms with Crippen LogP contribution in [0.2, 0.25) is 0 Å². The van der Waals surface area contributed by atoms with Gasteiger partial charge in [0.05, 0.1) is 19.8 Å². The van der Waals surface area contributed by atoms with E-state index in [4.69, 9.17) is 9.47 Å². The van der Waals surface area contributed by atoms with Crippen molar-refractivity contribution in [3.8, 4) is 5.75 Å². The number of carbonyl (C=O) groups excluding carboxylic acids is 1. The number of benzene rings is 1. The number of nitrogens with zero attached hydrogens (tertiary/aromatic N) is 1. The van der Waals surface area contributed by atoms with Gasteiger partial charge in [0.25, 0.3) is 0 Å². The van der Waals surface area contributed by atoms with Crippen LogP contribution in [0.4, 0.5) is 0 Å². The van der Waals surface area contributed by atoms with Gasteiger partial charge in [0.2, 0.25) is 5.91 Å². The highest BCUT2D eigenvalue weighted by molar-refractivity contribution is 5.78. The molecule has 128 valence electrons. The van der Waals surface area contributed by atoms with E-state index >= 15 is 0 Å². The van der Waals surface area contributed by atoms with Gasteiger partial charge in [0, 0.05) is 19.2 Å². The van der Waals surface area contributed by atoms with Crippen molar-refractivity contribution in [1.82, 2.24) is 10.2 Å². The van der Waals surface area contributed by atoms with Gasteiger partial charge in [0.1, 0.15) is 5.75 Å². The molecule has 1 saturated heterocycles. The third kappa shape index (κ3) is 5.22. The van der Waals surface area contributed by atoms with E-state index in [9.17, 15) is 4.79 Å². The highest BCUT2D eigenvalue weighted by atomic mass is 16.5. The molecule has 1 aliphatic rings. The quantitative estimate of drug-likeness (QED) is 0.799. The zero-order chi connectivity index (χ0) is 16.7. The number of nitrogens with one attached hydrogen (secondary N) is 1. The summed E-state index contributed by atoms with van der Waals surface area (Å²) >= 11 is 0. The number of hydrogen-bond donors (Lipinski definition) is 1. The third-order valence-electron chi connectivity index (χ3n) is 4.11. The largest absolute Gasteiger partial charge is 0.494 e. The summed E-state index contributed by atoms with van der Waals surface area (Å²) in [5, 5.41) is 2.98. The molecule has 0 spiro atoms. The molecule has 5 nitrogen and oxygen atoms in total. The monoisotopic (exact) mass is 320 g/mol. The van der Waals surface area contributed by atoms with E-state index in [0.717, 1.165) is 25.1 Å². The molecule has 5 heteroatoms. The Hall–Kier alpha value is -1.59. The highest BCUT2D eigenvalue weighted by Crippen LogP contribution is 2.32. The maximum absolute atomic E-state index is 12.2. The number of rotatable bonds is 8. The first-order chi connectivity index (χ1) is 11.1. The van der Waals surface area contributed by atoms with Crippen LogP contribution in [0.5, 0.6) is 5.75 Å². The summed E-state index contributed by atoms with van der Waals surface area (Å²) in [6.45, 7) is 6.55. The topological polar surface area (TPSA) is 50.8 Å². The van der Waals surface area contributed by atoms with Crippen molar-refractivity contribution in [3.05, 3.63) is 29.8 Å². The fourth-order valence-electron chi connectivity index (χ4n) is 3.14. The zero-order valence-corrected chi connectivity index (χ0v) is 14.4. The van der Waals surface area contributed by atoms with Crippen LogP contribution in [0.1, 0.15) is 38.3 Å². The predicted molar refractivity (Wildman–Crippen MR) is 90.6 cm³/mol. The molecule has 2 atom stereocenters. The summed E-state index contributed by atoms with van der Waals surface area (Å²) in [6, 6.07) is 8.60. The second-order valence-electron chi connectivity index (χ2n) is 6.05. The average molecular weight is 320 g/mol. The second kappa shape index (κ2) is 8.89. The molecule has 0 radical (unpaired) electrons. The van der Waals surface area contributed by atoms with Gasteiger partial charge in [-0.1, -0.05) is 12.1 Å². The first kappa shape index (κ1) is 17.8. The summed E-state index contributed by atoms with van der Waals surface area (Å²) in [6.07, 6.45) is 2.22. The van der Waals surface area contributed by atoms with Crippen LogP contribution < -0.4 is 10.1 Å². The summed E-state index contributed by atoms with van der Waals surface area (Å²) < 4.78 is 10.5. The minimum atomic E-state index is 0.0408. The average Bonchev–Trinajstić information content (AvgIpc) is 2.96. The lowest BCUT2D eigenvalue weighted by Crippen LogP contribution is -2.42. The standard InChI is InChI=1S/C18H28N2O3/c1-4-23-16-9-7-15(8-10-16)17-6-5-11-20(17)12-18(21)19-14(2)13-22-3/h7-10,14,17H,4-6,11-13H2,1-3H3,(H,19,21)/t14-,17-/m1/s1. The van der Waals surface area contributed by atoms with Gasteiger partial charge < -0.3 is 14.8 Å². The highest BCUT2D eigenvalue weighted by Gasteiger charge is 2.27. The molecule has 2 rings (SSSR count). The maximum atomic E-state index is 12.2. The summed E-state index contributed by atoms with van der Waals surface area (Å²) in [4.78, 5) is 14.4. The van der Waals surface area contributed by atoms with Crippen LogP contribution in [-0.4, -0.2) is 50.3 Å². The van der Waals surface area contributed by atoms with E-state index in [0.29, 0.717) is 25.8 Å². The lowest BCUT2D eigenvalue weighted by atomic mass is 10.0. The molecular formula is C18H28N2O3. The van der Waals surface area contributed by atoms with Crippen LogP contribution in [0.15, 0.2) is 24.3 Å². The SMILES string of the molecule is CCOc1ccc([C@H]2CCCN2CC(=O)N[C@H](C)COC)cc1. The van der Waals surface area contributed by atoms with E-state index in [1.807, 2.05) is 26.0 Å². The van der Waals surface area contributed by atoms with E-state index in [-0.39, 0.29) is 11.9 Å². The lowest BCUT2D eigenvalue weighted by molar-refractivity contribution is -0.123. The van der Waals surface area contributed by atoms with Gasteiger partial charge >= 0.3 is 0 Å². The Labute approximate surface area is 139 Å². The van der Waals surface area contributed by atoms with E-state index < -0.39 is 0 Å². The van der Waals surface area contributed by atoms with Crippen molar-refractivity contribution in [2.45, 2.75) is 38.8 Å². The minimum absolute atomic E-state index is 0.0408. The molecule has 0 aromatic heterocycles. The summed E-state index contributed by atoms with van der Waals surface area (Å²) in [5.41, 5.74) is 1.25. The van der Waals surface area contributed by atoms with Crippen LogP contribution in [0.3, 0.4) is 0 Å². The molecule has 23 heavy (non-hydrogen) atoms. The Balaban J connectivity index is 1.93. The second-order valence-corrected chi connectivity index (χ2v) is 6.05. The Bertz CT molecular complexity index is 490. The van der Waals surface area contributed by atoms with Crippen molar-refractivity contribution in [3.63, 3.8) is 0 Å². The van der Waals surface area contributed by atoms with Gasteiger partial charge in [-0.3, -0.25) is 9.69 Å². The Morgan fingerprint density at radius 2 is 2.13 bits per heavy atom. The predicted octanol–water partition coefficient (Wildman–Crippen LogP) is 2.37. The molecule has 0 aliphatic carbocycles. The number of ether oxygens (including phenoxy) is 2. The molecule has 1 fully saturated rings. The lowest BCUT2D eigenvalue weighted by Gasteiger charge is -2.25. The molecule has 1 amide bonds. The third-order valence-corrected chi connectivity index (χ3v) is 4.11. The number of amides is 1. The molecule has 1 heterocycles. The molecule has 0 saturated carbocycles. The van der Waals surface area contributed by atoms with Crippen LogP contribution in [0, 0.1) is 0 Å². The van der Waals surface area contributed by atoms with Gasteiger partial charge in [-0.2, -0.15) is 0 Å². The van der Waals surface area contributed by atoms with Crippen LogP contribution in [0.25, 0.3) is 0 Å². The number of hydrogen-bond acceptors (Lipinski definition) is 4. The molecule has 1 N–H and O–H groups in total. The first-order valence-corrected chi connectivity index (χ1v) is 8.39. The number of likely N-dealkylation sites (tertiary alicyclic amines) is 1. The van der Waals surface area contributed by atoms with Crippen molar-refractivity contribution < 1.29 is 14.3 Å². The van der Waals surface area contributed by atoms with Crippen molar-refractivity contribution in [2.24, 2.45) is 0 Å². The van der Waals surface area contributed by atoms with Gasteiger partial charge in [-0.15, -0.1) is 0 Å². The van der Waals surface area contributed by atoms with E-state index in [2.05, 4.69) is 22.3 Å². The number of carbonyl (C=O) groups is 1. The van der Waals surface area contributed by atoms with E-state index in [1.54, 1.807) is 7.11 Å². The normalized spacial score (nSPS) is 19.5. The van der Waals surface area contributed by atoms with E-state index in [1.165, 1.54) is 5.56 Å². The molecule has 0 bridgehead atoms. The Morgan fingerprint density at radius 3 is 2.78 bits per heavy atom. The van der Waals surface area contributed by atoms with Crippen LogP contribution >= 0.6 is 0 Å². The molecule has 1 aliphatic heterocycles. The van der Waals surface area contributed by atoms with Crippen molar-refractivity contribution in [2.75, 3.05) is 33.4 Å². The fraction of sp³-hybridized carbons (Fsp3) is 0.611. The smallest absolute Gasteiger partial charge is 0.234 e. The summed E-state index contributed by atoms with van der Waals surface area (Å²) in [5.74, 6) is 0.958. The molecular weight excluding hydrogens is 292 g/mol.